The Morgan fingerprint density at radius 3 is 3.04 bits per heavy atom. The summed E-state index contributed by atoms with van der Waals surface area (Å²) < 4.78 is 11.5. The molecule has 2 amide bonds. The lowest BCUT2D eigenvalue weighted by Gasteiger charge is -2.33. The molecule has 1 saturated heterocycles. The van der Waals surface area contributed by atoms with Gasteiger partial charge in [0.25, 0.3) is 0 Å². The van der Waals surface area contributed by atoms with E-state index in [9.17, 15) is 4.79 Å². The number of fused-ring (bicyclic) bond motifs is 1. The molecule has 8 heteroatoms. The maximum Gasteiger partial charge on any atom is 0.322 e. The van der Waals surface area contributed by atoms with E-state index < -0.39 is 0 Å². The van der Waals surface area contributed by atoms with Gasteiger partial charge in [0, 0.05) is 32.5 Å². The largest absolute Gasteiger partial charge is 0.493 e. The Balaban J connectivity index is 1.43. The molecule has 1 aromatic carbocycles. The highest BCUT2D eigenvalue weighted by molar-refractivity contribution is 5.89. The lowest BCUT2D eigenvalue weighted by molar-refractivity contribution is -0.0157. The van der Waals surface area contributed by atoms with Gasteiger partial charge in [-0.3, -0.25) is 0 Å². The zero-order valence-corrected chi connectivity index (χ0v) is 16.2. The van der Waals surface area contributed by atoms with Crippen LogP contribution in [0.25, 0.3) is 0 Å². The Hall–Kier alpha value is -2.87. The number of aromatic nitrogens is 2. The fourth-order valence-corrected chi connectivity index (χ4v) is 3.41. The first-order chi connectivity index (χ1) is 13.6. The van der Waals surface area contributed by atoms with Crippen molar-refractivity contribution in [3.8, 4) is 5.75 Å². The van der Waals surface area contributed by atoms with Gasteiger partial charge < -0.3 is 24.6 Å². The third-order valence-electron chi connectivity index (χ3n) is 4.91. The van der Waals surface area contributed by atoms with Gasteiger partial charge in [-0.05, 0) is 42.7 Å². The number of carbonyl (C=O) groups excluding carboxylic acids is 1. The molecular weight excluding hydrogens is 358 g/mol. The highest BCUT2D eigenvalue weighted by Gasteiger charge is 2.27. The SMILES string of the molecule is CN(C)c1nccc(C2CN(C(=O)Nc3ccc4c(c3)CCCO4)CCO2)n1. The predicted molar refractivity (Wildman–Crippen MR) is 106 cm³/mol. The van der Waals surface area contributed by atoms with Crippen molar-refractivity contribution in [1.82, 2.24) is 14.9 Å². The number of rotatable bonds is 3. The molecule has 1 unspecified atom stereocenters. The molecule has 28 heavy (non-hydrogen) atoms. The van der Waals surface area contributed by atoms with Gasteiger partial charge in [-0.2, -0.15) is 0 Å². The minimum Gasteiger partial charge on any atom is -0.493 e. The Morgan fingerprint density at radius 1 is 1.29 bits per heavy atom. The summed E-state index contributed by atoms with van der Waals surface area (Å²) >= 11 is 0. The van der Waals surface area contributed by atoms with E-state index >= 15 is 0 Å². The van der Waals surface area contributed by atoms with Gasteiger partial charge >= 0.3 is 6.03 Å². The van der Waals surface area contributed by atoms with E-state index in [0.717, 1.165) is 42.1 Å². The topological polar surface area (TPSA) is 79.8 Å². The zero-order chi connectivity index (χ0) is 19.5. The van der Waals surface area contributed by atoms with Crippen molar-refractivity contribution in [3.63, 3.8) is 0 Å². The van der Waals surface area contributed by atoms with Crippen LogP contribution in [0, 0.1) is 0 Å². The van der Waals surface area contributed by atoms with E-state index in [1.54, 1.807) is 11.1 Å². The number of hydrogen-bond donors (Lipinski definition) is 1. The summed E-state index contributed by atoms with van der Waals surface area (Å²) in [4.78, 5) is 25.2. The van der Waals surface area contributed by atoms with Gasteiger partial charge in [-0.25, -0.2) is 14.8 Å². The molecule has 1 fully saturated rings. The summed E-state index contributed by atoms with van der Waals surface area (Å²) in [5.41, 5.74) is 2.71. The van der Waals surface area contributed by atoms with Crippen LogP contribution in [0.15, 0.2) is 30.5 Å². The molecule has 4 rings (SSSR count). The molecule has 0 saturated carbocycles. The molecule has 0 bridgehead atoms. The first-order valence-corrected chi connectivity index (χ1v) is 9.53. The summed E-state index contributed by atoms with van der Waals surface area (Å²) in [5.74, 6) is 1.54. The molecule has 0 aliphatic carbocycles. The van der Waals surface area contributed by atoms with E-state index in [1.165, 1.54) is 0 Å². The van der Waals surface area contributed by atoms with Crippen LogP contribution in [0.1, 0.15) is 23.8 Å². The van der Waals surface area contributed by atoms with E-state index in [4.69, 9.17) is 9.47 Å². The highest BCUT2D eigenvalue weighted by atomic mass is 16.5. The number of morpholine rings is 1. The van der Waals surface area contributed by atoms with Crippen LogP contribution in [0.4, 0.5) is 16.4 Å². The summed E-state index contributed by atoms with van der Waals surface area (Å²) in [6, 6.07) is 7.51. The molecule has 3 heterocycles. The molecule has 1 aromatic heterocycles. The fourth-order valence-electron chi connectivity index (χ4n) is 3.41. The van der Waals surface area contributed by atoms with Crippen molar-refractivity contribution in [2.75, 3.05) is 50.6 Å². The van der Waals surface area contributed by atoms with Gasteiger partial charge in [0.2, 0.25) is 5.95 Å². The maximum absolute atomic E-state index is 12.8. The van der Waals surface area contributed by atoms with E-state index in [2.05, 4.69) is 15.3 Å². The molecule has 1 atom stereocenters. The van der Waals surface area contributed by atoms with Crippen LogP contribution in [0.5, 0.6) is 5.75 Å². The maximum atomic E-state index is 12.8. The summed E-state index contributed by atoms with van der Waals surface area (Å²) in [5, 5.41) is 3.00. The van der Waals surface area contributed by atoms with Crippen molar-refractivity contribution in [1.29, 1.82) is 0 Å². The molecule has 0 radical (unpaired) electrons. The fraction of sp³-hybridized carbons (Fsp3) is 0.450. The second-order valence-electron chi connectivity index (χ2n) is 7.19. The number of amides is 2. The van der Waals surface area contributed by atoms with Gasteiger partial charge in [-0.15, -0.1) is 0 Å². The number of nitrogens with one attached hydrogen (secondary N) is 1. The van der Waals surface area contributed by atoms with Crippen molar-refractivity contribution in [2.45, 2.75) is 18.9 Å². The molecular formula is C20H25N5O3. The van der Waals surface area contributed by atoms with Crippen LogP contribution in [-0.2, 0) is 11.2 Å². The minimum atomic E-state index is -0.266. The number of benzene rings is 1. The molecule has 2 aliphatic heterocycles. The van der Waals surface area contributed by atoms with Crippen LogP contribution < -0.4 is 15.0 Å². The van der Waals surface area contributed by atoms with E-state index in [0.29, 0.717) is 25.6 Å². The van der Waals surface area contributed by atoms with Gasteiger partial charge in [0.05, 0.1) is 25.5 Å². The van der Waals surface area contributed by atoms with Crippen LogP contribution in [-0.4, -0.2) is 61.3 Å². The summed E-state index contributed by atoms with van der Waals surface area (Å²) in [6.07, 6.45) is 3.43. The smallest absolute Gasteiger partial charge is 0.322 e. The average molecular weight is 383 g/mol. The second kappa shape index (κ2) is 8.02. The molecule has 148 valence electrons. The Labute approximate surface area is 164 Å². The van der Waals surface area contributed by atoms with Crippen LogP contribution >= 0.6 is 0 Å². The number of urea groups is 1. The Bertz CT molecular complexity index is 857. The number of hydrogen-bond acceptors (Lipinski definition) is 6. The third-order valence-corrected chi connectivity index (χ3v) is 4.91. The van der Waals surface area contributed by atoms with Gasteiger partial charge in [-0.1, -0.05) is 0 Å². The number of ether oxygens (including phenoxy) is 2. The number of carbonyl (C=O) groups is 1. The summed E-state index contributed by atoms with van der Waals surface area (Å²) in [7, 11) is 3.79. The minimum absolute atomic E-state index is 0.133. The summed E-state index contributed by atoms with van der Waals surface area (Å²) in [6.45, 7) is 2.22. The third kappa shape index (κ3) is 4.01. The normalized spacial score (nSPS) is 18.8. The van der Waals surface area contributed by atoms with Gasteiger partial charge in [0.15, 0.2) is 0 Å². The lowest BCUT2D eigenvalue weighted by Crippen LogP contribution is -2.44. The molecule has 2 aliphatic rings. The van der Waals surface area contributed by atoms with E-state index in [1.807, 2.05) is 43.3 Å². The number of aryl methyl sites for hydroxylation is 1. The van der Waals surface area contributed by atoms with Gasteiger partial charge in [0.1, 0.15) is 11.9 Å². The molecule has 8 nitrogen and oxygen atoms in total. The first kappa shape index (κ1) is 18.5. The Kier molecular flexibility index (Phi) is 5.29. The van der Waals surface area contributed by atoms with Crippen LogP contribution in [0.3, 0.4) is 0 Å². The first-order valence-electron chi connectivity index (χ1n) is 9.53. The standard InChI is InChI=1S/C20H25N5O3/c1-24(2)19-21-8-7-16(23-19)18-13-25(9-11-28-18)20(26)22-15-5-6-17-14(12-15)4-3-10-27-17/h5-8,12,18H,3-4,9-11,13H2,1-2H3,(H,22,26). The molecule has 0 spiro atoms. The highest BCUT2D eigenvalue weighted by Crippen LogP contribution is 2.28. The zero-order valence-electron chi connectivity index (χ0n) is 16.2. The second-order valence-corrected chi connectivity index (χ2v) is 7.19. The number of anilines is 2. The van der Waals surface area contributed by atoms with Crippen molar-refractivity contribution >= 4 is 17.7 Å². The lowest BCUT2D eigenvalue weighted by atomic mass is 10.1. The van der Waals surface area contributed by atoms with E-state index in [-0.39, 0.29) is 12.1 Å². The van der Waals surface area contributed by atoms with Crippen LogP contribution in [0.2, 0.25) is 0 Å². The quantitative estimate of drug-likeness (QED) is 0.877. The number of nitrogens with zero attached hydrogens (tertiary/aromatic N) is 4. The predicted octanol–water partition coefficient (Wildman–Crippen LogP) is 2.47. The van der Waals surface area contributed by atoms with Crippen molar-refractivity contribution in [2.24, 2.45) is 0 Å². The van der Waals surface area contributed by atoms with Crippen molar-refractivity contribution in [3.05, 3.63) is 41.7 Å². The molecule has 1 N–H and O–H groups in total. The van der Waals surface area contributed by atoms with Crippen molar-refractivity contribution < 1.29 is 14.3 Å². The average Bonchev–Trinajstić information content (AvgIpc) is 2.74. The Morgan fingerprint density at radius 2 is 2.18 bits per heavy atom. The monoisotopic (exact) mass is 383 g/mol. The molecule has 2 aromatic rings.